The fourth-order valence-electron chi connectivity index (χ4n) is 5.78. The minimum absolute atomic E-state index is 0.0591. The van der Waals surface area contributed by atoms with Gasteiger partial charge in [0.05, 0.1) is 25.0 Å². The maximum atomic E-state index is 13.4. The van der Waals surface area contributed by atoms with Gasteiger partial charge >= 0.3 is 0 Å². The number of benzene rings is 1. The second-order valence-electron chi connectivity index (χ2n) is 8.00. The number of fused-ring (bicyclic) bond motifs is 7. The van der Waals surface area contributed by atoms with Crippen LogP contribution < -0.4 is 5.32 Å². The second-order valence-corrected chi connectivity index (χ2v) is 8.00. The van der Waals surface area contributed by atoms with Gasteiger partial charge in [-0.1, -0.05) is 17.7 Å². The summed E-state index contributed by atoms with van der Waals surface area (Å²) in [5.74, 6) is -1.66. The molecule has 0 bridgehead atoms. The Morgan fingerprint density at radius 1 is 1.26 bits per heavy atom. The molecule has 1 aromatic carbocycles. The molecule has 27 heavy (non-hydrogen) atoms. The molecule has 0 radical (unpaired) electrons. The molecule has 7 nitrogen and oxygen atoms in total. The molecule has 5 rings (SSSR count). The van der Waals surface area contributed by atoms with Crippen molar-refractivity contribution < 1.29 is 19.1 Å². The number of hydrogen-bond donors (Lipinski definition) is 1. The smallest absolute Gasteiger partial charge is 0.250 e. The van der Waals surface area contributed by atoms with Crippen LogP contribution in [-0.2, 0) is 24.7 Å². The Bertz CT molecular complexity index is 869. The van der Waals surface area contributed by atoms with Crippen LogP contribution in [0.3, 0.4) is 0 Å². The van der Waals surface area contributed by atoms with Crippen molar-refractivity contribution in [1.29, 1.82) is 0 Å². The highest BCUT2D eigenvalue weighted by atomic mass is 16.5. The number of carbonyl (C=O) groups is 3. The van der Waals surface area contributed by atoms with Gasteiger partial charge in [-0.2, -0.15) is 0 Å². The summed E-state index contributed by atoms with van der Waals surface area (Å²) in [5.41, 5.74) is 1.58. The lowest BCUT2D eigenvalue weighted by Gasteiger charge is -2.36. The molecule has 4 heterocycles. The molecule has 1 spiro atoms. The van der Waals surface area contributed by atoms with E-state index >= 15 is 0 Å². The molecule has 3 amide bonds. The lowest BCUT2D eigenvalue weighted by molar-refractivity contribution is -0.146. The van der Waals surface area contributed by atoms with Gasteiger partial charge in [-0.25, -0.2) is 0 Å². The van der Waals surface area contributed by atoms with Gasteiger partial charge in [0, 0.05) is 24.4 Å². The van der Waals surface area contributed by atoms with Gasteiger partial charge in [0.15, 0.2) is 0 Å². The van der Waals surface area contributed by atoms with Gasteiger partial charge < -0.3 is 10.1 Å². The monoisotopic (exact) mass is 369 g/mol. The van der Waals surface area contributed by atoms with Gasteiger partial charge in [-0.3, -0.25) is 24.2 Å². The maximum Gasteiger partial charge on any atom is 0.250 e. The first kappa shape index (κ1) is 16.9. The molecule has 3 fully saturated rings. The Kier molecular flexibility index (Phi) is 3.52. The molecule has 1 N–H and O–H groups in total. The van der Waals surface area contributed by atoms with Crippen molar-refractivity contribution in [3.05, 3.63) is 29.3 Å². The van der Waals surface area contributed by atoms with Gasteiger partial charge in [0.2, 0.25) is 17.7 Å². The summed E-state index contributed by atoms with van der Waals surface area (Å²) < 4.78 is 5.08. The predicted octanol–water partition coefficient (Wildman–Crippen LogP) is 0.868. The second kappa shape index (κ2) is 5.62. The summed E-state index contributed by atoms with van der Waals surface area (Å²) >= 11 is 0. The highest BCUT2D eigenvalue weighted by Crippen LogP contribution is 2.60. The van der Waals surface area contributed by atoms with Crippen molar-refractivity contribution in [3.63, 3.8) is 0 Å². The number of hydrogen-bond acceptors (Lipinski definition) is 5. The van der Waals surface area contributed by atoms with Gasteiger partial charge in [0.1, 0.15) is 5.54 Å². The average Bonchev–Trinajstić information content (AvgIpc) is 3.33. The van der Waals surface area contributed by atoms with Crippen LogP contribution in [0.4, 0.5) is 5.69 Å². The number of imide groups is 1. The lowest BCUT2D eigenvalue weighted by Crippen LogP contribution is -2.54. The molecular weight excluding hydrogens is 346 g/mol. The SMILES string of the molecule is COCCN1C(=O)[C@@H]2[C@H]3CCCN3[C@]3(C(=O)Nc4ccc(C)cc43)[C@@H]2C1=O. The Morgan fingerprint density at radius 2 is 2.07 bits per heavy atom. The molecule has 3 saturated heterocycles. The van der Waals surface area contributed by atoms with Crippen LogP contribution in [0.25, 0.3) is 0 Å². The Hall–Kier alpha value is -2.25. The van der Waals surface area contributed by atoms with Crippen LogP contribution in [0.2, 0.25) is 0 Å². The summed E-state index contributed by atoms with van der Waals surface area (Å²) in [6.45, 7) is 3.26. The minimum Gasteiger partial charge on any atom is -0.383 e. The summed E-state index contributed by atoms with van der Waals surface area (Å²) in [7, 11) is 1.55. The first-order valence-electron chi connectivity index (χ1n) is 9.55. The third-order valence-electron chi connectivity index (χ3n) is 6.76. The molecule has 7 heteroatoms. The fraction of sp³-hybridized carbons (Fsp3) is 0.550. The number of likely N-dealkylation sites (tertiary alicyclic amines) is 1. The van der Waals surface area contributed by atoms with E-state index in [9.17, 15) is 14.4 Å². The van der Waals surface area contributed by atoms with Crippen LogP contribution >= 0.6 is 0 Å². The topological polar surface area (TPSA) is 79.0 Å². The van der Waals surface area contributed by atoms with Gasteiger partial charge in [0.25, 0.3) is 0 Å². The van der Waals surface area contributed by atoms with Gasteiger partial charge in [-0.15, -0.1) is 0 Å². The summed E-state index contributed by atoms with van der Waals surface area (Å²) in [6.07, 6.45) is 1.78. The third-order valence-corrected chi connectivity index (χ3v) is 6.76. The molecule has 0 aromatic heterocycles. The van der Waals surface area contributed by atoms with Crippen molar-refractivity contribution >= 4 is 23.4 Å². The van der Waals surface area contributed by atoms with Crippen LogP contribution in [0.15, 0.2) is 18.2 Å². The summed E-state index contributed by atoms with van der Waals surface area (Å²) in [5, 5.41) is 2.99. The molecular formula is C20H23N3O4. The molecule has 4 atom stereocenters. The van der Waals surface area contributed by atoms with Crippen molar-refractivity contribution in [1.82, 2.24) is 9.80 Å². The first-order chi connectivity index (χ1) is 13.0. The van der Waals surface area contributed by atoms with E-state index in [2.05, 4.69) is 10.2 Å². The van der Waals surface area contributed by atoms with Crippen molar-refractivity contribution in [3.8, 4) is 0 Å². The minimum atomic E-state index is -1.07. The zero-order valence-electron chi connectivity index (χ0n) is 15.5. The normalized spacial score (nSPS) is 34.4. The van der Waals surface area contributed by atoms with E-state index in [4.69, 9.17) is 4.74 Å². The van der Waals surface area contributed by atoms with Crippen LogP contribution in [0.1, 0.15) is 24.0 Å². The number of rotatable bonds is 3. The zero-order chi connectivity index (χ0) is 18.9. The number of amides is 3. The van der Waals surface area contributed by atoms with E-state index in [1.165, 1.54) is 4.90 Å². The number of methoxy groups -OCH3 is 1. The largest absolute Gasteiger partial charge is 0.383 e. The highest BCUT2D eigenvalue weighted by Gasteiger charge is 2.74. The number of ether oxygens (including phenoxy) is 1. The summed E-state index contributed by atoms with van der Waals surface area (Å²) in [4.78, 5) is 43.4. The van der Waals surface area contributed by atoms with E-state index in [1.54, 1.807) is 7.11 Å². The lowest BCUT2D eigenvalue weighted by atomic mass is 9.75. The first-order valence-corrected chi connectivity index (χ1v) is 9.55. The Balaban J connectivity index is 1.69. The average molecular weight is 369 g/mol. The quantitative estimate of drug-likeness (QED) is 0.800. The Labute approximate surface area is 157 Å². The molecule has 142 valence electrons. The molecule has 0 aliphatic carbocycles. The Morgan fingerprint density at radius 3 is 2.85 bits per heavy atom. The summed E-state index contributed by atoms with van der Waals surface area (Å²) in [6, 6.07) is 5.80. The number of nitrogens with zero attached hydrogens (tertiary/aromatic N) is 2. The number of carbonyl (C=O) groups excluding carboxylic acids is 3. The molecule has 1 aromatic rings. The van der Waals surface area contributed by atoms with E-state index in [0.717, 1.165) is 36.2 Å². The van der Waals surface area contributed by atoms with Crippen LogP contribution in [-0.4, -0.2) is 60.4 Å². The molecule has 4 aliphatic rings. The van der Waals surface area contributed by atoms with Crippen LogP contribution in [0, 0.1) is 18.8 Å². The van der Waals surface area contributed by atoms with Crippen LogP contribution in [0.5, 0.6) is 0 Å². The highest BCUT2D eigenvalue weighted by molar-refractivity contribution is 6.15. The standard InChI is InChI=1S/C20H23N3O4/c1-11-5-6-13-12(10-11)20(19(26)21-13)16-15(14-4-3-7-23(14)20)17(24)22(18(16)25)8-9-27-2/h5-6,10,14-16H,3-4,7-9H2,1-2H3,(H,21,26)/t14-,15-,16+,20+/m1/s1. The zero-order valence-corrected chi connectivity index (χ0v) is 15.5. The number of anilines is 1. The van der Waals surface area contributed by atoms with E-state index in [0.29, 0.717) is 6.61 Å². The third kappa shape index (κ3) is 1.91. The van der Waals surface area contributed by atoms with Crippen molar-refractivity contribution in [2.75, 3.05) is 32.1 Å². The molecule has 0 saturated carbocycles. The van der Waals surface area contributed by atoms with E-state index in [-0.39, 0.29) is 30.3 Å². The van der Waals surface area contributed by atoms with Gasteiger partial charge in [-0.05, 0) is 32.4 Å². The van der Waals surface area contributed by atoms with E-state index in [1.807, 2.05) is 25.1 Å². The number of aryl methyl sites for hydroxylation is 1. The fourth-order valence-corrected chi connectivity index (χ4v) is 5.78. The van der Waals surface area contributed by atoms with E-state index < -0.39 is 17.4 Å². The molecule has 4 aliphatic heterocycles. The number of nitrogens with one attached hydrogen (secondary N) is 1. The van der Waals surface area contributed by atoms with Crippen molar-refractivity contribution in [2.45, 2.75) is 31.3 Å². The molecule has 0 unspecified atom stereocenters. The predicted molar refractivity (Wildman–Crippen MR) is 96.8 cm³/mol. The van der Waals surface area contributed by atoms with Crippen molar-refractivity contribution in [2.24, 2.45) is 11.8 Å². The maximum absolute atomic E-state index is 13.4.